The van der Waals surface area contributed by atoms with Gasteiger partial charge in [-0.3, -0.25) is 14.9 Å². The van der Waals surface area contributed by atoms with Crippen LogP contribution in [0.3, 0.4) is 0 Å². The topological polar surface area (TPSA) is 80.3 Å². The Morgan fingerprint density at radius 3 is 2.71 bits per heavy atom. The lowest BCUT2D eigenvalue weighted by molar-refractivity contribution is -0.115. The summed E-state index contributed by atoms with van der Waals surface area (Å²) >= 11 is 7.18. The van der Waals surface area contributed by atoms with E-state index in [0.717, 1.165) is 11.3 Å². The highest BCUT2D eigenvalue weighted by molar-refractivity contribution is 7.14. The van der Waals surface area contributed by atoms with Crippen molar-refractivity contribution in [1.29, 1.82) is 0 Å². The molecule has 0 saturated heterocycles. The average molecular weight is 420 g/mol. The number of amides is 2. The minimum atomic E-state index is -0.616. The third-order valence-corrected chi connectivity index (χ3v) is 4.77. The van der Waals surface area contributed by atoms with Crippen LogP contribution in [-0.4, -0.2) is 23.9 Å². The Balaban J connectivity index is 1.59. The predicted octanol–water partition coefficient (Wildman–Crippen LogP) is 4.38. The first-order chi connectivity index (χ1) is 13.5. The molecule has 0 bridgehead atoms. The Hall–Kier alpha value is -2.97. The van der Waals surface area contributed by atoms with Crippen molar-refractivity contribution < 1.29 is 18.7 Å². The van der Waals surface area contributed by atoms with Crippen LogP contribution in [0.2, 0.25) is 5.02 Å². The molecule has 0 aliphatic carbocycles. The largest absolute Gasteiger partial charge is 0.495 e. The highest BCUT2D eigenvalue weighted by Crippen LogP contribution is 2.27. The predicted molar refractivity (Wildman–Crippen MR) is 107 cm³/mol. The summed E-state index contributed by atoms with van der Waals surface area (Å²) in [6.07, 6.45) is 0.00964. The van der Waals surface area contributed by atoms with Gasteiger partial charge in [0.05, 0.1) is 29.8 Å². The zero-order valence-corrected chi connectivity index (χ0v) is 16.2. The molecule has 1 heterocycles. The monoisotopic (exact) mass is 419 g/mol. The molecule has 2 N–H and O–H groups in total. The van der Waals surface area contributed by atoms with Gasteiger partial charge < -0.3 is 10.1 Å². The van der Waals surface area contributed by atoms with Gasteiger partial charge in [-0.1, -0.05) is 23.7 Å². The average Bonchev–Trinajstić information content (AvgIpc) is 3.08. The molecular formula is C19H15ClFN3O3S. The molecule has 0 aliphatic heterocycles. The van der Waals surface area contributed by atoms with Crippen molar-refractivity contribution in [2.75, 3.05) is 17.7 Å². The Morgan fingerprint density at radius 2 is 2.00 bits per heavy atom. The van der Waals surface area contributed by atoms with Crippen LogP contribution in [0, 0.1) is 5.82 Å². The number of carbonyl (C=O) groups excluding carboxylic acids is 2. The number of thiazole rings is 1. The molecule has 3 aromatic rings. The van der Waals surface area contributed by atoms with Crippen LogP contribution in [0.1, 0.15) is 16.1 Å². The van der Waals surface area contributed by atoms with Crippen LogP contribution in [0.5, 0.6) is 5.75 Å². The van der Waals surface area contributed by atoms with Gasteiger partial charge in [-0.05, 0) is 30.3 Å². The number of halogens is 2. The highest BCUT2D eigenvalue weighted by Gasteiger charge is 2.14. The number of carbonyl (C=O) groups is 2. The van der Waals surface area contributed by atoms with Crippen molar-refractivity contribution in [2.45, 2.75) is 6.42 Å². The molecule has 1 aromatic heterocycles. The minimum Gasteiger partial charge on any atom is -0.495 e. The molecule has 0 radical (unpaired) electrons. The SMILES string of the molecule is COc1ccc(NC(=O)Cc2csc(NC(=O)c3ccccc3F)n2)cc1Cl. The summed E-state index contributed by atoms with van der Waals surface area (Å²) in [5.74, 6) is -1.00. The molecule has 6 nitrogen and oxygen atoms in total. The van der Waals surface area contributed by atoms with Gasteiger partial charge in [-0.25, -0.2) is 9.37 Å². The second kappa shape index (κ2) is 8.81. The number of hydrogen-bond donors (Lipinski definition) is 2. The molecule has 2 aromatic carbocycles. The second-order valence-electron chi connectivity index (χ2n) is 5.65. The van der Waals surface area contributed by atoms with Gasteiger partial charge >= 0.3 is 0 Å². The van der Waals surface area contributed by atoms with Gasteiger partial charge in [-0.2, -0.15) is 0 Å². The van der Waals surface area contributed by atoms with Gasteiger partial charge in [0, 0.05) is 11.1 Å². The standard InChI is InChI=1S/C19H15ClFN3O3S/c1-27-16-7-6-11(8-14(16)20)22-17(25)9-12-10-28-19(23-12)24-18(26)13-4-2-3-5-15(13)21/h2-8,10H,9H2,1H3,(H,22,25)(H,23,24,26). The number of hydrogen-bond acceptors (Lipinski definition) is 5. The maximum atomic E-state index is 13.7. The quantitative estimate of drug-likeness (QED) is 0.621. The second-order valence-corrected chi connectivity index (χ2v) is 6.92. The molecule has 0 atom stereocenters. The summed E-state index contributed by atoms with van der Waals surface area (Å²) in [7, 11) is 1.50. The van der Waals surface area contributed by atoms with Crippen LogP contribution in [-0.2, 0) is 11.2 Å². The first-order valence-electron chi connectivity index (χ1n) is 8.10. The number of nitrogens with zero attached hydrogens (tertiary/aromatic N) is 1. The van der Waals surface area contributed by atoms with Crippen LogP contribution in [0.15, 0.2) is 47.8 Å². The van der Waals surface area contributed by atoms with Crippen LogP contribution < -0.4 is 15.4 Å². The van der Waals surface area contributed by atoms with Crippen molar-refractivity contribution in [3.05, 3.63) is 69.9 Å². The van der Waals surface area contributed by atoms with Crippen LogP contribution >= 0.6 is 22.9 Å². The van der Waals surface area contributed by atoms with E-state index in [1.54, 1.807) is 29.6 Å². The lowest BCUT2D eigenvalue weighted by Crippen LogP contribution is -2.15. The lowest BCUT2D eigenvalue weighted by Gasteiger charge is -2.07. The summed E-state index contributed by atoms with van der Waals surface area (Å²) in [6, 6.07) is 10.6. The van der Waals surface area contributed by atoms with Crippen molar-refractivity contribution in [2.24, 2.45) is 0 Å². The molecule has 9 heteroatoms. The van der Waals surface area contributed by atoms with E-state index in [0.29, 0.717) is 22.2 Å². The van der Waals surface area contributed by atoms with E-state index in [-0.39, 0.29) is 23.0 Å². The summed E-state index contributed by atoms with van der Waals surface area (Å²) in [5, 5.41) is 7.56. The fourth-order valence-corrected chi connectivity index (χ4v) is 3.33. The fourth-order valence-electron chi connectivity index (χ4n) is 2.37. The summed E-state index contributed by atoms with van der Waals surface area (Å²) < 4.78 is 18.7. The van der Waals surface area contributed by atoms with Gasteiger partial charge in [0.25, 0.3) is 5.91 Å². The van der Waals surface area contributed by atoms with E-state index in [4.69, 9.17) is 16.3 Å². The molecule has 144 valence electrons. The third-order valence-electron chi connectivity index (χ3n) is 3.67. The zero-order valence-electron chi connectivity index (χ0n) is 14.7. The molecule has 0 aliphatic rings. The number of anilines is 2. The number of methoxy groups -OCH3 is 1. The Labute approximate surface area is 169 Å². The maximum Gasteiger partial charge on any atom is 0.260 e. The van der Waals surface area contributed by atoms with E-state index >= 15 is 0 Å². The fraction of sp³-hybridized carbons (Fsp3) is 0.105. The molecule has 2 amide bonds. The minimum absolute atomic E-state index is 0.00964. The molecule has 3 rings (SSSR count). The first kappa shape index (κ1) is 19.8. The highest BCUT2D eigenvalue weighted by atomic mass is 35.5. The van der Waals surface area contributed by atoms with Crippen molar-refractivity contribution in [1.82, 2.24) is 4.98 Å². The Bertz CT molecular complexity index is 1030. The van der Waals surface area contributed by atoms with Crippen molar-refractivity contribution in [3.8, 4) is 5.75 Å². The number of rotatable bonds is 6. The van der Waals surface area contributed by atoms with Crippen LogP contribution in [0.25, 0.3) is 0 Å². The van der Waals surface area contributed by atoms with Gasteiger partial charge in [0.2, 0.25) is 5.91 Å². The summed E-state index contributed by atoms with van der Waals surface area (Å²) in [4.78, 5) is 28.5. The Kier molecular flexibility index (Phi) is 6.23. The molecule has 0 saturated carbocycles. The zero-order chi connectivity index (χ0) is 20.1. The number of ether oxygens (including phenoxy) is 1. The van der Waals surface area contributed by atoms with Crippen molar-refractivity contribution >= 4 is 45.6 Å². The molecule has 28 heavy (non-hydrogen) atoms. The first-order valence-corrected chi connectivity index (χ1v) is 9.35. The smallest absolute Gasteiger partial charge is 0.260 e. The van der Waals surface area contributed by atoms with Crippen molar-refractivity contribution in [3.63, 3.8) is 0 Å². The molecule has 0 fully saturated rings. The molecule has 0 unspecified atom stereocenters. The Morgan fingerprint density at radius 1 is 1.21 bits per heavy atom. The van der Waals surface area contributed by atoms with Gasteiger partial charge in [0.1, 0.15) is 11.6 Å². The van der Waals surface area contributed by atoms with Crippen LogP contribution in [0.4, 0.5) is 15.2 Å². The van der Waals surface area contributed by atoms with E-state index in [1.165, 1.54) is 25.3 Å². The van der Waals surface area contributed by atoms with Gasteiger partial charge in [0.15, 0.2) is 5.13 Å². The van der Waals surface area contributed by atoms with E-state index in [2.05, 4.69) is 15.6 Å². The lowest BCUT2D eigenvalue weighted by atomic mass is 10.2. The van der Waals surface area contributed by atoms with E-state index < -0.39 is 11.7 Å². The third kappa shape index (κ3) is 4.85. The summed E-state index contributed by atoms with van der Waals surface area (Å²) in [6.45, 7) is 0. The number of benzene rings is 2. The molecule has 0 spiro atoms. The summed E-state index contributed by atoms with van der Waals surface area (Å²) in [5.41, 5.74) is 0.929. The number of nitrogens with one attached hydrogen (secondary N) is 2. The van der Waals surface area contributed by atoms with E-state index in [1.807, 2.05) is 0 Å². The van der Waals surface area contributed by atoms with Gasteiger partial charge in [-0.15, -0.1) is 11.3 Å². The van der Waals surface area contributed by atoms with E-state index in [9.17, 15) is 14.0 Å². The normalized spacial score (nSPS) is 10.4. The number of aromatic nitrogens is 1. The molecular weight excluding hydrogens is 405 g/mol. The maximum absolute atomic E-state index is 13.7.